The summed E-state index contributed by atoms with van der Waals surface area (Å²) in [6, 6.07) is 0.556. The highest BCUT2D eigenvalue weighted by atomic mass is 16.4. The molecule has 0 aromatic rings. The third kappa shape index (κ3) is 3.47. The summed E-state index contributed by atoms with van der Waals surface area (Å²) in [5.41, 5.74) is 0.369. The highest BCUT2D eigenvalue weighted by Crippen LogP contribution is 2.26. The Balaban J connectivity index is 2.39. The van der Waals surface area contributed by atoms with E-state index in [4.69, 9.17) is 10.2 Å². The molecule has 0 aromatic heterocycles. The fraction of sp³-hybridized carbons (Fsp3) is 0.700. The van der Waals surface area contributed by atoms with Gasteiger partial charge < -0.3 is 10.2 Å². The normalized spacial score (nSPS) is 17.5. The Morgan fingerprint density at radius 3 is 2.64 bits per heavy atom. The molecule has 0 aliphatic heterocycles. The number of aliphatic carboxylic acids is 1. The molecule has 1 aliphatic carbocycles. The second kappa shape index (κ2) is 5.12. The van der Waals surface area contributed by atoms with E-state index in [9.17, 15) is 4.79 Å². The van der Waals surface area contributed by atoms with Gasteiger partial charge in [0.05, 0.1) is 6.61 Å². The molecule has 0 bridgehead atoms. The summed E-state index contributed by atoms with van der Waals surface area (Å²) in [5, 5.41) is 17.5. The Morgan fingerprint density at radius 2 is 2.21 bits per heavy atom. The van der Waals surface area contributed by atoms with Gasteiger partial charge in [0.1, 0.15) is 0 Å². The van der Waals surface area contributed by atoms with Crippen molar-refractivity contribution in [3.05, 3.63) is 11.6 Å². The number of carboxylic acids is 1. The Bertz CT molecular complexity index is 234. The predicted molar refractivity (Wildman–Crippen MR) is 53.1 cm³/mol. The van der Waals surface area contributed by atoms with Crippen LogP contribution in [0.1, 0.15) is 19.8 Å². The first kappa shape index (κ1) is 11.2. The third-order valence-electron chi connectivity index (χ3n) is 2.42. The summed E-state index contributed by atoms with van der Waals surface area (Å²) in [7, 11) is 0. The van der Waals surface area contributed by atoms with Crippen molar-refractivity contribution in [2.24, 2.45) is 0 Å². The first-order chi connectivity index (χ1) is 6.65. The standard InChI is InChI=1S/C10H17NO3/c1-8(10(13)14)4-5-11(6-7-12)9-2-3-9/h4,9,12H,2-3,5-7H2,1H3,(H,13,14). The van der Waals surface area contributed by atoms with Crippen LogP contribution < -0.4 is 0 Å². The third-order valence-corrected chi connectivity index (χ3v) is 2.42. The van der Waals surface area contributed by atoms with Crippen molar-refractivity contribution in [3.8, 4) is 0 Å². The van der Waals surface area contributed by atoms with Crippen molar-refractivity contribution in [3.63, 3.8) is 0 Å². The predicted octanol–water partition coefficient (Wildman–Crippen LogP) is 0.474. The summed E-state index contributed by atoms with van der Waals surface area (Å²) in [4.78, 5) is 12.6. The quantitative estimate of drug-likeness (QED) is 0.611. The molecule has 14 heavy (non-hydrogen) atoms. The van der Waals surface area contributed by atoms with Gasteiger partial charge in [-0.15, -0.1) is 0 Å². The molecule has 0 amide bonds. The average Bonchev–Trinajstić information content (AvgIpc) is 2.94. The molecule has 0 saturated heterocycles. The van der Waals surface area contributed by atoms with Gasteiger partial charge in [-0.2, -0.15) is 0 Å². The van der Waals surface area contributed by atoms with Gasteiger partial charge in [0, 0.05) is 24.7 Å². The smallest absolute Gasteiger partial charge is 0.330 e. The van der Waals surface area contributed by atoms with Crippen LogP contribution in [0.15, 0.2) is 11.6 Å². The van der Waals surface area contributed by atoms with Crippen LogP contribution in [0.3, 0.4) is 0 Å². The molecule has 1 rings (SSSR count). The molecule has 0 heterocycles. The van der Waals surface area contributed by atoms with Gasteiger partial charge in [-0.1, -0.05) is 6.08 Å². The zero-order valence-electron chi connectivity index (χ0n) is 8.44. The zero-order valence-corrected chi connectivity index (χ0v) is 8.44. The Kier molecular flexibility index (Phi) is 4.10. The molecule has 4 heteroatoms. The SMILES string of the molecule is CC(=CCN(CCO)C1CC1)C(=O)O. The van der Waals surface area contributed by atoms with E-state index in [0.29, 0.717) is 24.7 Å². The molecule has 80 valence electrons. The van der Waals surface area contributed by atoms with E-state index in [1.807, 2.05) is 0 Å². The number of rotatable bonds is 6. The van der Waals surface area contributed by atoms with Gasteiger partial charge in [-0.25, -0.2) is 4.79 Å². The van der Waals surface area contributed by atoms with E-state index in [2.05, 4.69) is 4.90 Å². The zero-order chi connectivity index (χ0) is 10.6. The molecule has 0 radical (unpaired) electrons. The lowest BCUT2D eigenvalue weighted by Gasteiger charge is -2.18. The molecular weight excluding hydrogens is 182 g/mol. The highest BCUT2D eigenvalue weighted by Gasteiger charge is 2.27. The Morgan fingerprint density at radius 1 is 1.57 bits per heavy atom. The minimum absolute atomic E-state index is 0.135. The molecule has 0 atom stereocenters. The fourth-order valence-corrected chi connectivity index (χ4v) is 1.33. The van der Waals surface area contributed by atoms with E-state index in [1.165, 1.54) is 12.8 Å². The number of hydrogen-bond acceptors (Lipinski definition) is 3. The van der Waals surface area contributed by atoms with Crippen LogP contribution in [0, 0.1) is 0 Å². The van der Waals surface area contributed by atoms with Crippen LogP contribution in [0.2, 0.25) is 0 Å². The maximum atomic E-state index is 10.5. The van der Waals surface area contributed by atoms with Crippen molar-refractivity contribution in [1.82, 2.24) is 4.90 Å². The molecule has 0 unspecified atom stereocenters. The van der Waals surface area contributed by atoms with Crippen LogP contribution in [0.4, 0.5) is 0 Å². The number of carboxylic acid groups (broad SMARTS) is 1. The van der Waals surface area contributed by atoms with Gasteiger partial charge in [0.25, 0.3) is 0 Å². The number of carbonyl (C=O) groups is 1. The molecule has 4 nitrogen and oxygen atoms in total. The van der Waals surface area contributed by atoms with Crippen LogP contribution in [-0.2, 0) is 4.79 Å². The summed E-state index contributed by atoms with van der Waals surface area (Å²) < 4.78 is 0. The van der Waals surface area contributed by atoms with Crippen LogP contribution in [-0.4, -0.2) is 46.8 Å². The van der Waals surface area contributed by atoms with Gasteiger partial charge in [0.2, 0.25) is 0 Å². The molecule has 0 aromatic carbocycles. The number of nitrogens with zero attached hydrogens (tertiary/aromatic N) is 1. The largest absolute Gasteiger partial charge is 0.478 e. The molecule has 1 aliphatic rings. The lowest BCUT2D eigenvalue weighted by Crippen LogP contribution is -2.29. The van der Waals surface area contributed by atoms with Crippen molar-refractivity contribution in [2.45, 2.75) is 25.8 Å². The van der Waals surface area contributed by atoms with Crippen LogP contribution in [0.25, 0.3) is 0 Å². The topological polar surface area (TPSA) is 60.8 Å². The fourth-order valence-electron chi connectivity index (χ4n) is 1.33. The van der Waals surface area contributed by atoms with Crippen molar-refractivity contribution < 1.29 is 15.0 Å². The Hall–Kier alpha value is -0.870. The monoisotopic (exact) mass is 199 g/mol. The van der Waals surface area contributed by atoms with E-state index in [1.54, 1.807) is 13.0 Å². The summed E-state index contributed by atoms with van der Waals surface area (Å²) >= 11 is 0. The first-order valence-electron chi connectivity index (χ1n) is 4.90. The van der Waals surface area contributed by atoms with E-state index in [0.717, 1.165) is 0 Å². The first-order valence-corrected chi connectivity index (χ1v) is 4.90. The highest BCUT2D eigenvalue weighted by molar-refractivity contribution is 5.85. The molecule has 2 N–H and O–H groups in total. The second-order valence-electron chi connectivity index (χ2n) is 3.64. The number of aliphatic hydroxyl groups excluding tert-OH is 1. The van der Waals surface area contributed by atoms with E-state index < -0.39 is 5.97 Å². The number of aliphatic hydroxyl groups is 1. The Labute approximate surface area is 83.8 Å². The molecular formula is C10H17NO3. The maximum Gasteiger partial charge on any atom is 0.330 e. The molecule has 1 fully saturated rings. The summed E-state index contributed by atoms with van der Waals surface area (Å²) in [6.45, 7) is 2.99. The van der Waals surface area contributed by atoms with Gasteiger partial charge in [0.15, 0.2) is 0 Å². The molecule has 1 saturated carbocycles. The lowest BCUT2D eigenvalue weighted by molar-refractivity contribution is -0.132. The number of hydrogen-bond donors (Lipinski definition) is 2. The van der Waals surface area contributed by atoms with Crippen molar-refractivity contribution >= 4 is 5.97 Å². The average molecular weight is 199 g/mol. The van der Waals surface area contributed by atoms with Crippen LogP contribution in [0.5, 0.6) is 0 Å². The minimum atomic E-state index is -0.871. The van der Waals surface area contributed by atoms with Gasteiger partial charge in [-0.05, 0) is 19.8 Å². The summed E-state index contributed by atoms with van der Waals surface area (Å²) in [6.07, 6.45) is 4.04. The van der Waals surface area contributed by atoms with Crippen LogP contribution >= 0.6 is 0 Å². The lowest BCUT2D eigenvalue weighted by atomic mass is 10.3. The van der Waals surface area contributed by atoms with Gasteiger partial charge in [-0.3, -0.25) is 4.90 Å². The van der Waals surface area contributed by atoms with E-state index >= 15 is 0 Å². The maximum absolute atomic E-state index is 10.5. The minimum Gasteiger partial charge on any atom is -0.478 e. The van der Waals surface area contributed by atoms with Gasteiger partial charge >= 0.3 is 5.97 Å². The van der Waals surface area contributed by atoms with E-state index in [-0.39, 0.29) is 6.61 Å². The summed E-state index contributed by atoms with van der Waals surface area (Å²) in [5.74, 6) is -0.871. The van der Waals surface area contributed by atoms with Crippen molar-refractivity contribution in [2.75, 3.05) is 19.7 Å². The second-order valence-corrected chi connectivity index (χ2v) is 3.64. The molecule has 0 spiro atoms. The van der Waals surface area contributed by atoms with Crippen molar-refractivity contribution in [1.29, 1.82) is 0 Å².